The van der Waals surface area contributed by atoms with Gasteiger partial charge in [0.2, 0.25) is 0 Å². The third kappa shape index (κ3) is 4.97. The molecule has 2 unspecified atom stereocenters. The van der Waals surface area contributed by atoms with Crippen LogP contribution in [0, 0.1) is 0 Å². The largest absolute Gasteiger partial charge is 0.525 e. The van der Waals surface area contributed by atoms with E-state index in [0.29, 0.717) is 0 Å². The molecule has 5 N–H and O–H groups in total. The van der Waals surface area contributed by atoms with Crippen LogP contribution in [0.5, 0.6) is 0 Å². The van der Waals surface area contributed by atoms with Crippen molar-refractivity contribution in [3.63, 3.8) is 0 Å². The second-order valence-electron chi connectivity index (χ2n) is 3.66. The van der Waals surface area contributed by atoms with Crippen molar-refractivity contribution in [2.24, 2.45) is 0 Å². The van der Waals surface area contributed by atoms with Crippen molar-refractivity contribution in [1.82, 2.24) is 6.15 Å². The number of hydrogen-bond donors (Lipinski definition) is 2. The summed E-state index contributed by atoms with van der Waals surface area (Å²) in [5.74, 6) is -18.2. The summed E-state index contributed by atoms with van der Waals surface area (Å²) in [5, 5.41) is 7.81. The number of carbonyl (C=O) groups is 1. The molecule has 0 saturated carbocycles. The Labute approximate surface area is 126 Å². The van der Waals surface area contributed by atoms with Crippen LogP contribution < -0.4 is 6.15 Å². The minimum Gasteiger partial charge on any atom is -0.477 e. The standard InChI is InChI=1S/C7HF13O4.H3N/c8-2(1(21)22,4(10,11)12)23-6(16,17)3(9,5(13,14)15)24-7(18,19)20;/h(H,21,22);1H3/p+1. The zero-order valence-electron chi connectivity index (χ0n) is 11.1. The summed E-state index contributed by atoms with van der Waals surface area (Å²) in [6, 6.07) is 0. The van der Waals surface area contributed by atoms with E-state index in [1.165, 1.54) is 4.74 Å². The zero-order valence-corrected chi connectivity index (χ0v) is 11.1. The second kappa shape index (κ2) is 6.63. The number of ether oxygens (including phenoxy) is 2. The van der Waals surface area contributed by atoms with Gasteiger partial charge >= 0.3 is 42.5 Å². The molecule has 0 aliphatic carbocycles. The van der Waals surface area contributed by atoms with E-state index in [2.05, 4.69) is 0 Å². The Kier molecular flexibility index (Phi) is 6.81. The average molecular weight is 414 g/mol. The van der Waals surface area contributed by atoms with Crippen LogP contribution in [0.4, 0.5) is 57.1 Å². The van der Waals surface area contributed by atoms with E-state index in [0.717, 1.165) is 0 Å². The molecule has 25 heavy (non-hydrogen) atoms. The first-order chi connectivity index (χ1) is 10.1. The molecule has 0 aliphatic heterocycles. The van der Waals surface area contributed by atoms with E-state index in [4.69, 9.17) is 5.11 Å². The second-order valence-corrected chi connectivity index (χ2v) is 3.66. The maximum absolute atomic E-state index is 13.1. The Morgan fingerprint density at radius 2 is 1.04 bits per heavy atom. The first kappa shape index (κ1) is 25.7. The summed E-state index contributed by atoms with van der Waals surface area (Å²) in [6.07, 6.45) is -28.8. The predicted molar refractivity (Wildman–Crippen MR) is 46.6 cm³/mol. The lowest BCUT2D eigenvalue weighted by atomic mass is 10.2. The van der Waals surface area contributed by atoms with Gasteiger partial charge in [0.15, 0.2) is 0 Å². The molecule has 0 spiro atoms. The third-order valence-electron chi connectivity index (χ3n) is 1.90. The van der Waals surface area contributed by atoms with Crippen LogP contribution in [-0.2, 0) is 14.3 Å². The highest BCUT2D eigenvalue weighted by atomic mass is 19.4. The van der Waals surface area contributed by atoms with E-state index in [9.17, 15) is 61.9 Å². The zero-order chi connectivity index (χ0) is 20.0. The molecule has 0 aromatic rings. The average Bonchev–Trinajstić information content (AvgIpc) is 2.21. The number of carboxylic acids is 1. The molecule has 0 fully saturated rings. The van der Waals surface area contributed by atoms with E-state index in [-0.39, 0.29) is 6.15 Å². The van der Waals surface area contributed by atoms with Crippen LogP contribution in [0.3, 0.4) is 0 Å². The summed E-state index contributed by atoms with van der Waals surface area (Å²) >= 11 is 0. The van der Waals surface area contributed by atoms with Gasteiger partial charge in [-0.05, 0) is 0 Å². The van der Waals surface area contributed by atoms with E-state index >= 15 is 0 Å². The fourth-order valence-electron chi connectivity index (χ4n) is 0.907. The van der Waals surface area contributed by atoms with E-state index in [1.807, 2.05) is 0 Å². The molecule has 0 heterocycles. The van der Waals surface area contributed by atoms with E-state index < -0.39 is 42.5 Å². The summed E-state index contributed by atoms with van der Waals surface area (Å²) in [4.78, 5) is 9.99. The minimum absolute atomic E-state index is 0. The Hall–Kier alpha value is -1.56. The maximum atomic E-state index is 13.1. The van der Waals surface area contributed by atoms with Crippen LogP contribution in [0.15, 0.2) is 0 Å². The highest BCUT2D eigenvalue weighted by molar-refractivity contribution is 5.76. The van der Waals surface area contributed by atoms with Gasteiger partial charge in [-0.3, -0.25) is 4.74 Å². The molecule has 0 saturated heterocycles. The van der Waals surface area contributed by atoms with Gasteiger partial charge in [-0.2, -0.15) is 43.9 Å². The number of carboxylic acid groups (broad SMARTS) is 1. The highest BCUT2D eigenvalue weighted by Gasteiger charge is 2.81. The van der Waals surface area contributed by atoms with Crippen molar-refractivity contribution in [1.29, 1.82) is 0 Å². The van der Waals surface area contributed by atoms with Crippen LogP contribution in [-0.4, -0.2) is 47.6 Å². The fraction of sp³-hybridized carbons (Fsp3) is 0.857. The van der Waals surface area contributed by atoms with Crippen molar-refractivity contribution >= 4 is 5.97 Å². The van der Waals surface area contributed by atoms with Crippen molar-refractivity contribution in [3.05, 3.63) is 0 Å². The summed E-state index contributed by atoms with van der Waals surface area (Å²) in [5.41, 5.74) is 0. The molecule has 2 atom stereocenters. The Balaban J connectivity index is 0. The van der Waals surface area contributed by atoms with Crippen LogP contribution in [0.2, 0.25) is 0 Å². The first-order valence-corrected chi connectivity index (χ1v) is 4.70. The topological polar surface area (TPSA) is 92.3 Å². The minimum atomic E-state index is -7.44. The van der Waals surface area contributed by atoms with E-state index in [1.54, 1.807) is 4.74 Å². The quantitative estimate of drug-likeness (QED) is 0.665. The van der Waals surface area contributed by atoms with Crippen molar-refractivity contribution in [2.45, 2.75) is 36.5 Å². The first-order valence-electron chi connectivity index (χ1n) is 4.70. The number of quaternary nitrogens is 1. The Morgan fingerprint density at radius 3 is 1.24 bits per heavy atom. The molecule has 5 nitrogen and oxygen atoms in total. The van der Waals surface area contributed by atoms with Crippen LogP contribution in [0.25, 0.3) is 0 Å². The van der Waals surface area contributed by atoms with Gasteiger partial charge in [0.25, 0.3) is 0 Å². The molecule has 0 aliphatic rings. The molecule has 0 radical (unpaired) electrons. The van der Waals surface area contributed by atoms with Crippen molar-refractivity contribution < 1.29 is 76.5 Å². The van der Waals surface area contributed by atoms with Gasteiger partial charge < -0.3 is 11.3 Å². The fourth-order valence-corrected chi connectivity index (χ4v) is 0.907. The number of aliphatic carboxylic acids is 1. The highest BCUT2D eigenvalue weighted by Crippen LogP contribution is 2.52. The molecule has 0 bridgehead atoms. The molecule has 18 heteroatoms. The van der Waals surface area contributed by atoms with Gasteiger partial charge in [-0.25, -0.2) is 9.53 Å². The van der Waals surface area contributed by atoms with Crippen molar-refractivity contribution in [2.75, 3.05) is 0 Å². The molecular formula is C7H5F13NO4+. The number of hydrogen-bond acceptors (Lipinski definition) is 3. The summed E-state index contributed by atoms with van der Waals surface area (Å²) in [6.45, 7) is 0. The maximum Gasteiger partial charge on any atom is 0.525 e. The van der Waals surface area contributed by atoms with Crippen molar-refractivity contribution in [3.8, 4) is 0 Å². The van der Waals surface area contributed by atoms with Gasteiger partial charge in [0.1, 0.15) is 0 Å². The monoisotopic (exact) mass is 414 g/mol. The lowest BCUT2D eigenvalue weighted by Crippen LogP contribution is -2.65. The lowest BCUT2D eigenvalue weighted by molar-refractivity contribution is -0.539. The van der Waals surface area contributed by atoms with Gasteiger partial charge in [0, 0.05) is 0 Å². The molecule has 152 valence electrons. The normalized spacial score (nSPS) is 18.8. The van der Waals surface area contributed by atoms with Crippen LogP contribution >= 0.6 is 0 Å². The smallest absolute Gasteiger partial charge is 0.477 e. The molecular weight excluding hydrogens is 409 g/mol. The van der Waals surface area contributed by atoms with Gasteiger partial charge in [0.05, 0.1) is 0 Å². The molecule has 0 amide bonds. The molecule has 0 aromatic heterocycles. The lowest BCUT2D eigenvalue weighted by Gasteiger charge is -2.36. The van der Waals surface area contributed by atoms with Gasteiger partial charge in [-0.1, -0.05) is 0 Å². The Bertz CT molecular complexity index is 484. The molecule has 0 aromatic carbocycles. The number of halogens is 13. The number of alkyl halides is 13. The SMILES string of the molecule is O=C(O)C(F)(OC(F)(F)C(F)(OC(F)(F)F)C(F)(F)F)C(F)(F)F.[NH4+]. The summed E-state index contributed by atoms with van der Waals surface area (Å²) in [7, 11) is 0. The molecule has 0 rings (SSSR count). The Morgan fingerprint density at radius 1 is 0.680 bits per heavy atom. The summed E-state index contributed by atoms with van der Waals surface area (Å²) < 4.78 is 162. The van der Waals surface area contributed by atoms with Crippen LogP contribution in [0.1, 0.15) is 0 Å². The number of rotatable bonds is 5. The van der Waals surface area contributed by atoms with Gasteiger partial charge in [-0.15, -0.1) is 13.2 Å². The predicted octanol–water partition coefficient (Wildman–Crippen LogP) is 4.05. The third-order valence-corrected chi connectivity index (χ3v) is 1.90.